The molecule has 0 aliphatic carbocycles. The van der Waals surface area contributed by atoms with Gasteiger partial charge in [-0.2, -0.15) is 5.10 Å². The van der Waals surface area contributed by atoms with Crippen molar-refractivity contribution in [1.29, 1.82) is 0 Å². The van der Waals surface area contributed by atoms with Gasteiger partial charge in [-0.1, -0.05) is 30.3 Å². The number of nitrogens with one attached hydrogen (secondary N) is 2. The fraction of sp³-hybridized carbons (Fsp3) is 0.269. The standard InChI is InChI=1S/C26H25FN4O.2ClH/c27-20-10-8-19(9-11-20)17-25-23-6-1-2-7-24(23)26(32)31(29-25)22-12-15-30(16-13-22)18-21-5-3-4-14-28-21;;/h1-11,14,22H,12-13,15-18H2;2*1H. The lowest BCUT2D eigenvalue weighted by Crippen LogP contribution is -3.12. The highest BCUT2D eigenvalue weighted by atomic mass is 35.5. The van der Waals surface area contributed by atoms with Crippen LogP contribution in [0.4, 0.5) is 4.39 Å². The fourth-order valence-corrected chi connectivity index (χ4v) is 4.69. The molecule has 4 aromatic rings. The predicted molar refractivity (Wildman–Crippen MR) is 121 cm³/mol. The van der Waals surface area contributed by atoms with Gasteiger partial charge >= 0.3 is 0 Å². The van der Waals surface area contributed by atoms with E-state index in [9.17, 15) is 9.18 Å². The number of H-pyrrole nitrogens is 1. The van der Waals surface area contributed by atoms with Gasteiger partial charge in [0.1, 0.15) is 5.82 Å². The number of benzene rings is 2. The van der Waals surface area contributed by atoms with Gasteiger partial charge in [-0.15, -0.1) is 0 Å². The normalized spacial score (nSPS) is 17.6. The van der Waals surface area contributed by atoms with E-state index in [1.54, 1.807) is 16.8 Å². The first-order valence-electron chi connectivity index (χ1n) is 11.2. The molecular formula is C26H27Cl2FN4O. The van der Waals surface area contributed by atoms with E-state index in [2.05, 4.69) is 17.1 Å². The molecule has 0 bridgehead atoms. The molecule has 0 atom stereocenters. The number of hydrogen-bond acceptors (Lipinski definition) is 2. The molecule has 3 heterocycles. The molecule has 34 heavy (non-hydrogen) atoms. The summed E-state index contributed by atoms with van der Waals surface area (Å²) in [5, 5.41) is 6.42. The van der Waals surface area contributed by atoms with E-state index in [1.165, 1.54) is 22.7 Å². The molecule has 1 fully saturated rings. The van der Waals surface area contributed by atoms with E-state index in [1.807, 2.05) is 36.5 Å². The first kappa shape index (κ1) is 25.8. The minimum absolute atomic E-state index is 0. The molecule has 5 rings (SSSR count). The van der Waals surface area contributed by atoms with Crippen LogP contribution in [0, 0.1) is 5.82 Å². The highest BCUT2D eigenvalue weighted by molar-refractivity contribution is 5.83. The molecule has 1 saturated heterocycles. The molecule has 2 aromatic carbocycles. The summed E-state index contributed by atoms with van der Waals surface area (Å²) in [5.74, 6) is -0.251. The summed E-state index contributed by atoms with van der Waals surface area (Å²) in [5.41, 5.74) is 3.05. The van der Waals surface area contributed by atoms with E-state index in [-0.39, 0.29) is 42.2 Å². The average Bonchev–Trinajstić information content (AvgIpc) is 2.84. The van der Waals surface area contributed by atoms with E-state index >= 15 is 0 Å². The van der Waals surface area contributed by atoms with Gasteiger partial charge in [-0.05, 0) is 29.8 Å². The van der Waals surface area contributed by atoms with Crippen molar-refractivity contribution in [2.75, 3.05) is 13.1 Å². The number of nitrogens with zero attached hydrogens (tertiary/aromatic N) is 2. The van der Waals surface area contributed by atoms with Gasteiger partial charge < -0.3 is 29.7 Å². The molecule has 0 radical (unpaired) electrons. The van der Waals surface area contributed by atoms with Crippen LogP contribution in [0.25, 0.3) is 10.8 Å². The van der Waals surface area contributed by atoms with Crippen LogP contribution < -0.4 is 40.3 Å². The maximum absolute atomic E-state index is 13.3. The zero-order chi connectivity index (χ0) is 21.9. The number of likely N-dealkylation sites (tertiary alicyclic amines) is 1. The second-order valence-corrected chi connectivity index (χ2v) is 8.59. The van der Waals surface area contributed by atoms with Crippen molar-refractivity contribution in [3.8, 4) is 0 Å². The topological polar surface area (TPSA) is 53.5 Å². The van der Waals surface area contributed by atoms with Crippen LogP contribution in [-0.4, -0.2) is 22.9 Å². The Morgan fingerprint density at radius 2 is 1.62 bits per heavy atom. The highest BCUT2D eigenvalue weighted by Crippen LogP contribution is 2.21. The molecule has 0 amide bonds. The third kappa shape index (κ3) is 5.63. The number of aromatic nitrogens is 3. The fourth-order valence-electron chi connectivity index (χ4n) is 4.69. The SMILES string of the molecule is O=c1c2ccccc2c(Cc2ccc(F)cc2)nn1C1CC[NH+](Cc2cccc[nH+]2)CC1.[Cl-].[Cl-]. The molecule has 1 aliphatic heterocycles. The Labute approximate surface area is 210 Å². The van der Waals surface area contributed by atoms with Crippen LogP contribution in [0.5, 0.6) is 0 Å². The molecule has 1 aliphatic rings. The van der Waals surface area contributed by atoms with Crippen molar-refractivity contribution < 1.29 is 39.1 Å². The number of piperidine rings is 1. The molecule has 8 heteroatoms. The lowest BCUT2D eigenvalue weighted by atomic mass is 10.0. The molecule has 2 aromatic heterocycles. The summed E-state index contributed by atoms with van der Waals surface area (Å²) in [4.78, 5) is 18.1. The Kier molecular flexibility index (Phi) is 8.78. The minimum Gasteiger partial charge on any atom is -1.00 e. The Hall–Kier alpha value is -2.80. The maximum atomic E-state index is 13.3. The van der Waals surface area contributed by atoms with Crippen molar-refractivity contribution >= 4 is 10.8 Å². The third-order valence-electron chi connectivity index (χ3n) is 6.41. The number of aromatic amines is 1. The van der Waals surface area contributed by atoms with Gasteiger partial charge in [0, 0.05) is 36.8 Å². The van der Waals surface area contributed by atoms with Gasteiger partial charge in [0.25, 0.3) is 5.56 Å². The number of quaternary nitrogens is 1. The molecule has 0 spiro atoms. The summed E-state index contributed by atoms with van der Waals surface area (Å²) >= 11 is 0. The summed E-state index contributed by atoms with van der Waals surface area (Å²) < 4.78 is 15.1. The largest absolute Gasteiger partial charge is 1.00 e. The van der Waals surface area contributed by atoms with Crippen LogP contribution >= 0.6 is 0 Å². The lowest BCUT2D eigenvalue weighted by molar-refractivity contribution is -0.923. The van der Waals surface area contributed by atoms with E-state index < -0.39 is 0 Å². The van der Waals surface area contributed by atoms with Crippen LogP contribution in [0.3, 0.4) is 0 Å². The smallest absolute Gasteiger partial charge is 0.274 e. The van der Waals surface area contributed by atoms with Gasteiger partial charge in [0.05, 0.1) is 30.2 Å². The van der Waals surface area contributed by atoms with Crippen molar-refractivity contribution in [3.05, 3.63) is 106 Å². The molecule has 0 unspecified atom stereocenters. The summed E-state index contributed by atoms with van der Waals surface area (Å²) in [6.07, 6.45) is 4.37. The van der Waals surface area contributed by atoms with Crippen molar-refractivity contribution in [2.24, 2.45) is 0 Å². The monoisotopic (exact) mass is 500 g/mol. The van der Waals surface area contributed by atoms with E-state index in [0.29, 0.717) is 11.8 Å². The molecular weight excluding hydrogens is 474 g/mol. The zero-order valence-corrected chi connectivity index (χ0v) is 20.2. The van der Waals surface area contributed by atoms with Gasteiger partial charge in [0.2, 0.25) is 5.69 Å². The second-order valence-electron chi connectivity index (χ2n) is 8.59. The Bertz CT molecular complexity index is 1270. The zero-order valence-electron chi connectivity index (χ0n) is 18.7. The highest BCUT2D eigenvalue weighted by Gasteiger charge is 2.27. The van der Waals surface area contributed by atoms with Crippen LogP contribution in [0.1, 0.15) is 35.8 Å². The predicted octanol–water partition coefficient (Wildman–Crippen LogP) is -3.63. The molecule has 2 N–H and O–H groups in total. The number of fused-ring (bicyclic) bond motifs is 1. The van der Waals surface area contributed by atoms with Crippen LogP contribution in [0.15, 0.2) is 77.7 Å². The Balaban J connectivity index is 0.00000162. The summed E-state index contributed by atoms with van der Waals surface area (Å²) in [7, 11) is 0. The maximum Gasteiger partial charge on any atom is 0.274 e. The van der Waals surface area contributed by atoms with E-state index in [4.69, 9.17) is 5.10 Å². The number of rotatable bonds is 5. The van der Waals surface area contributed by atoms with Crippen LogP contribution in [0.2, 0.25) is 0 Å². The number of hydrogen-bond donors (Lipinski definition) is 1. The summed E-state index contributed by atoms with van der Waals surface area (Å²) in [6.45, 7) is 2.96. The molecule has 5 nitrogen and oxygen atoms in total. The van der Waals surface area contributed by atoms with Gasteiger partial charge in [-0.25, -0.2) is 14.1 Å². The Morgan fingerprint density at radius 1 is 0.941 bits per heavy atom. The van der Waals surface area contributed by atoms with Crippen molar-refractivity contribution in [1.82, 2.24) is 9.78 Å². The minimum atomic E-state index is -0.251. The van der Waals surface area contributed by atoms with E-state index in [0.717, 1.165) is 49.1 Å². The van der Waals surface area contributed by atoms with Gasteiger partial charge in [0.15, 0.2) is 12.7 Å². The molecule has 0 saturated carbocycles. The Morgan fingerprint density at radius 3 is 2.29 bits per heavy atom. The molecule has 178 valence electrons. The third-order valence-corrected chi connectivity index (χ3v) is 6.41. The van der Waals surface area contributed by atoms with Crippen LogP contribution in [-0.2, 0) is 13.0 Å². The quantitative estimate of drug-likeness (QED) is 0.307. The van der Waals surface area contributed by atoms with Gasteiger partial charge in [-0.3, -0.25) is 4.79 Å². The first-order valence-corrected chi connectivity index (χ1v) is 11.2. The number of pyridine rings is 1. The second kappa shape index (κ2) is 11.6. The van der Waals surface area contributed by atoms with Crippen molar-refractivity contribution in [3.63, 3.8) is 0 Å². The van der Waals surface area contributed by atoms with Crippen molar-refractivity contribution in [2.45, 2.75) is 31.8 Å². The summed E-state index contributed by atoms with van der Waals surface area (Å²) in [6, 6.07) is 20.4. The average molecular weight is 501 g/mol. The first-order chi connectivity index (χ1) is 15.7. The lowest BCUT2D eigenvalue weighted by Gasteiger charge is -2.29. The number of halogens is 3.